The van der Waals surface area contributed by atoms with Crippen molar-refractivity contribution in [3.05, 3.63) is 70.9 Å². The van der Waals surface area contributed by atoms with Crippen LogP contribution < -0.4 is 10.5 Å². The maximum atomic E-state index is 12.3. The molecule has 0 amide bonds. The highest BCUT2D eigenvalue weighted by atomic mass is 16.1. The molecule has 0 N–H and O–H groups in total. The fourth-order valence-electron chi connectivity index (χ4n) is 3.38. The van der Waals surface area contributed by atoms with Crippen LogP contribution in [0.1, 0.15) is 30.5 Å². The van der Waals surface area contributed by atoms with Gasteiger partial charge in [-0.05, 0) is 18.9 Å². The molecule has 0 spiro atoms. The summed E-state index contributed by atoms with van der Waals surface area (Å²) in [5.41, 5.74) is 2.92. The number of hydrogen-bond donors (Lipinski definition) is 0. The molecule has 0 atom stereocenters. The normalized spacial score (nSPS) is 17.2. The second kappa shape index (κ2) is 6.05. The van der Waals surface area contributed by atoms with Crippen molar-refractivity contribution in [3.63, 3.8) is 0 Å². The number of anilines is 1. The lowest BCUT2D eigenvalue weighted by Crippen LogP contribution is -2.51. The van der Waals surface area contributed by atoms with Gasteiger partial charge in [-0.25, -0.2) is 14.6 Å². The molecular formula is C20H19N5O. The van der Waals surface area contributed by atoms with Gasteiger partial charge in [-0.15, -0.1) is 0 Å². The lowest BCUT2D eigenvalue weighted by Gasteiger charge is -2.40. The van der Waals surface area contributed by atoms with E-state index < -0.39 is 0 Å². The lowest BCUT2D eigenvalue weighted by atomic mass is 10.1. The molecule has 0 radical (unpaired) electrons. The van der Waals surface area contributed by atoms with Crippen molar-refractivity contribution >= 4 is 5.82 Å². The summed E-state index contributed by atoms with van der Waals surface area (Å²) in [6.07, 6.45) is 4.10. The van der Waals surface area contributed by atoms with Crippen LogP contribution in [0.5, 0.6) is 0 Å². The van der Waals surface area contributed by atoms with Crippen LogP contribution in [0.25, 0.3) is 11.3 Å². The molecule has 1 aliphatic carbocycles. The van der Waals surface area contributed by atoms with Gasteiger partial charge < -0.3 is 4.90 Å². The molecule has 0 unspecified atom stereocenters. The van der Waals surface area contributed by atoms with Crippen molar-refractivity contribution in [2.45, 2.75) is 24.8 Å². The Morgan fingerprint density at radius 1 is 0.962 bits per heavy atom. The number of aromatic nitrogens is 4. The van der Waals surface area contributed by atoms with Gasteiger partial charge in [0.25, 0.3) is 5.56 Å². The number of benzene rings is 1. The van der Waals surface area contributed by atoms with E-state index in [0.717, 1.165) is 35.9 Å². The molecule has 6 heteroatoms. The van der Waals surface area contributed by atoms with Crippen LogP contribution in [0.4, 0.5) is 5.82 Å². The zero-order valence-electron chi connectivity index (χ0n) is 14.3. The predicted octanol–water partition coefficient (Wildman–Crippen LogP) is 2.64. The molecule has 2 fully saturated rings. The molecule has 1 aliphatic heterocycles. The van der Waals surface area contributed by atoms with Crippen LogP contribution in [-0.4, -0.2) is 32.8 Å². The number of rotatable bonds is 4. The average molecular weight is 345 g/mol. The highest BCUT2D eigenvalue weighted by Gasteiger charge is 2.32. The monoisotopic (exact) mass is 345 g/mol. The highest BCUT2D eigenvalue weighted by Crippen LogP contribution is 2.40. The summed E-state index contributed by atoms with van der Waals surface area (Å²) in [6, 6.07) is 15.5. The number of hydrogen-bond acceptors (Lipinski definition) is 5. The van der Waals surface area contributed by atoms with E-state index in [2.05, 4.69) is 26.0 Å². The Balaban J connectivity index is 1.36. The molecule has 0 bridgehead atoms. The summed E-state index contributed by atoms with van der Waals surface area (Å²) in [5.74, 6) is 1.56. The fraction of sp³-hybridized carbons (Fsp3) is 0.300. The van der Waals surface area contributed by atoms with E-state index >= 15 is 0 Å². The fourth-order valence-corrected chi connectivity index (χ4v) is 3.38. The van der Waals surface area contributed by atoms with Gasteiger partial charge in [-0.2, -0.15) is 5.10 Å². The molecule has 3 heterocycles. The molecule has 1 aromatic carbocycles. The van der Waals surface area contributed by atoms with Crippen molar-refractivity contribution in [3.8, 4) is 11.3 Å². The summed E-state index contributed by atoms with van der Waals surface area (Å²) in [7, 11) is 0. The SMILES string of the molecule is O=c1ccc(-c2ccccc2)nn1C1CN(c2cc(C3CC3)ncn2)C1. The van der Waals surface area contributed by atoms with Crippen molar-refractivity contribution in [2.75, 3.05) is 18.0 Å². The van der Waals surface area contributed by atoms with Crippen LogP contribution in [0.2, 0.25) is 0 Å². The minimum atomic E-state index is -0.0595. The molecule has 5 rings (SSSR count). The van der Waals surface area contributed by atoms with Gasteiger partial charge in [0, 0.05) is 42.4 Å². The second-order valence-electron chi connectivity index (χ2n) is 7.00. The first-order valence-electron chi connectivity index (χ1n) is 9.00. The predicted molar refractivity (Wildman–Crippen MR) is 99.2 cm³/mol. The van der Waals surface area contributed by atoms with E-state index in [-0.39, 0.29) is 11.6 Å². The lowest BCUT2D eigenvalue weighted by molar-refractivity contribution is 0.352. The smallest absolute Gasteiger partial charge is 0.267 e. The molecule has 130 valence electrons. The summed E-state index contributed by atoms with van der Waals surface area (Å²) >= 11 is 0. The third-order valence-electron chi connectivity index (χ3n) is 5.10. The summed E-state index contributed by atoms with van der Waals surface area (Å²) in [5, 5.41) is 4.59. The summed E-state index contributed by atoms with van der Waals surface area (Å²) in [6.45, 7) is 1.48. The Morgan fingerprint density at radius 3 is 2.54 bits per heavy atom. The Kier molecular flexibility index (Phi) is 3.55. The van der Waals surface area contributed by atoms with E-state index in [1.165, 1.54) is 12.8 Å². The molecular weight excluding hydrogens is 326 g/mol. The molecule has 2 aromatic heterocycles. The van der Waals surface area contributed by atoms with Gasteiger partial charge in [-0.3, -0.25) is 4.79 Å². The van der Waals surface area contributed by atoms with E-state index in [1.807, 2.05) is 30.3 Å². The first-order chi connectivity index (χ1) is 12.8. The van der Waals surface area contributed by atoms with Gasteiger partial charge in [0.15, 0.2) is 0 Å². The Labute approximate surface area is 151 Å². The zero-order chi connectivity index (χ0) is 17.5. The van der Waals surface area contributed by atoms with Crippen LogP contribution in [0, 0.1) is 0 Å². The molecule has 1 saturated carbocycles. The minimum Gasteiger partial charge on any atom is -0.352 e. The van der Waals surface area contributed by atoms with Crippen LogP contribution >= 0.6 is 0 Å². The Hall–Kier alpha value is -3.02. The standard InChI is InChI=1S/C20H19N5O/c26-20-9-8-17(14-4-2-1-3-5-14)23-25(20)16-11-24(12-16)19-10-18(15-6-7-15)21-13-22-19/h1-5,8-10,13,15-16H,6-7,11-12H2. The van der Waals surface area contributed by atoms with Crippen LogP contribution in [-0.2, 0) is 0 Å². The Bertz CT molecular complexity index is 990. The minimum absolute atomic E-state index is 0.0595. The highest BCUT2D eigenvalue weighted by molar-refractivity contribution is 5.57. The second-order valence-corrected chi connectivity index (χ2v) is 7.00. The first-order valence-corrected chi connectivity index (χ1v) is 9.00. The summed E-state index contributed by atoms with van der Waals surface area (Å²) in [4.78, 5) is 23.2. The topological polar surface area (TPSA) is 63.9 Å². The molecule has 6 nitrogen and oxygen atoms in total. The van der Waals surface area contributed by atoms with Gasteiger partial charge in [0.05, 0.1) is 11.7 Å². The van der Waals surface area contributed by atoms with Gasteiger partial charge in [-0.1, -0.05) is 30.3 Å². The first kappa shape index (κ1) is 15.3. The van der Waals surface area contributed by atoms with E-state index in [4.69, 9.17) is 0 Å². The van der Waals surface area contributed by atoms with Crippen LogP contribution in [0.3, 0.4) is 0 Å². The maximum Gasteiger partial charge on any atom is 0.267 e. The quantitative estimate of drug-likeness (QED) is 0.727. The van der Waals surface area contributed by atoms with Crippen LogP contribution in [0.15, 0.2) is 59.7 Å². The third kappa shape index (κ3) is 2.77. The van der Waals surface area contributed by atoms with Gasteiger partial charge >= 0.3 is 0 Å². The molecule has 1 saturated heterocycles. The van der Waals surface area contributed by atoms with Gasteiger partial charge in [0.1, 0.15) is 12.1 Å². The van der Waals surface area contributed by atoms with Gasteiger partial charge in [0.2, 0.25) is 0 Å². The molecule has 3 aromatic rings. The van der Waals surface area contributed by atoms with Crippen molar-refractivity contribution < 1.29 is 0 Å². The Morgan fingerprint density at radius 2 is 1.77 bits per heavy atom. The average Bonchev–Trinajstić information content (AvgIpc) is 3.48. The van der Waals surface area contributed by atoms with Crippen molar-refractivity contribution in [1.29, 1.82) is 0 Å². The van der Waals surface area contributed by atoms with E-state index in [0.29, 0.717) is 5.92 Å². The molecule has 2 aliphatic rings. The maximum absolute atomic E-state index is 12.3. The number of nitrogens with zero attached hydrogens (tertiary/aromatic N) is 5. The van der Waals surface area contributed by atoms with Crippen molar-refractivity contribution in [2.24, 2.45) is 0 Å². The third-order valence-corrected chi connectivity index (χ3v) is 5.10. The summed E-state index contributed by atoms with van der Waals surface area (Å²) < 4.78 is 1.61. The largest absolute Gasteiger partial charge is 0.352 e. The zero-order valence-corrected chi connectivity index (χ0v) is 14.3. The molecule has 26 heavy (non-hydrogen) atoms. The van der Waals surface area contributed by atoms with E-state index in [1.54, 1.807) is 23.1 Å². The van der Waals surface area contributed by atoms with E-state index in [9.17, 15) is 4.79 Å². The van der Waals surface area contributed by atoms with Crippen molar-refractivity contribution in [1.82, 2.24) is 19.7 Å².